The van der Waals surface area contributed by atoms with Gasteiger partial charge in [0.2, 0.25) is 5.89 Å². The van der Waals surface area contributed by atoms with Gasteiger partial charge in [0.05, 0.1) is 12.7 Å². The quantitative estimate of drug-likeness (QED) is 0.670. The third-order valence-electron chi connectivity index (χ3n) is 4.36. The highest BCUT2D eigenvalue weighted by molar-refractivity contribution is 8.00. The molecule has 2 heterocycles. The van der Waals surface area contributed by atoms with Crippen molar-refractivity contribution in [3.05, 3.63) is 42.4 Å². The van der Waals surface area contributed by atoms with Gasteiger partial charge in [-0.2, -0.15) is 11.8 Å². The van der Waals surface area contributed by atoms with Crippen LogP contribution < -0.4 is 5.32 Å². The van der Waals surface area contributed by atoms with Crippen LogP contribution in [0.2, 0.25) is 0 Å². The zero-order chi connectivity index (χ0) is 17.6. The molecule has 1 atom stereocenters. The van der Waals surface area contributed by atoms with Crippen molar-refractivity contribution in [3.8, 4) is 11.3 Å². The van der Waals surface area contributed by atoms with E-state index in [-0.39, 0.29) is 0 Å². The van der Waals surface area contributed by atoms with Crippen molar-refractivity contribution in [2.75, 3.05) is 25.9 Å². The minimum Gasteiger partial charge on any atom is -0.439 e. The van der Waals surface area contributed by atoms with E-state index in [9.17, 15) is 0 Å². The van der Waals surface area contributed by atoms with Gasteiger partial charge in [-0.25, -0.2) is 4.98 Å². The van der Waals surface area contributed by atoms with Gasteiger partial charge in [-0.05, 0) is 5.92 Å². The Hall–Kier alpha value is -1.95. The number of hydrogen-bond acceptors (Lipinski definition) is 4. The van der Waals surface area contributed by atoms with Crippen LogP contribution in [0.15, 0.2) is 45.9 Å². The summed E-state index contributed by atoms with van der Waals surface area (Å²) in [4.78, 5) is 11.2. The number of guanidine groups is 1. The Morgan fingerprint density at radius 3 is 2.92 bits per heavy atom. The number of nitrogens with zero attached hydrogens (tertiary/aromatic N) is 3. The molecule has 3 rings (SSSR count). The summed E-state index contributed by atoms with van der Waals surface area (Å²) >= 11 is 2.06. The molecular weight excluding hydrogens is 332 g/mol. The summed E-state index contributed by atoms with van der Waals surface area (Å²) < 4.78 is 5.86. The second-order valence-corrected chi connectivity index (χ2v) is 7.83. The first-order valence-electron chi connectivity index (χ1n) is 8.74. The van der Waals surface area contributed by atoms with Gasteiger partial charge in [0.25, 0.3) is 0 Å². The standard InChI is InChI=1S/C19H26N4OS/c1-14(2)17-13-23(9-10-25-17)19(20-3)22-12-18-21-11-16(24-18)15-7-5-4-6-8-15/h4-8,11,14,17H,9-10,12-13H2,1-3H3,(H,20,22). The number of hydrogen-bond donors (Lipinski definition) is 1. The lowest BCUT2D eigenvalue weighted by molar-refractivity contribution is 0.377. The van der Waals surface area contributed by atoms with Gasteiger partial charge in [-0.15, -0.1) is 0 Å². The summed E-state index contributed by atoms with van der Waals surface area (Å²) in [6.07, 6.45) is 1.78. The molecule has 1 saturated heterocycles. The van der Waals surface area contributed by atoms with Gasteiger partial charge < -0.3 is 14.6 Å². The molecule has 1 N–H and O–H groups in total. The van der Waals surface area contributed by atoms with Crippen LogP contribution in [0, 0.1) is 5.92 Å². The van der Waals surface area contributed by atoms with Gasteiger partial charge >= 0.3 is 0 Å². The molecule has 0 bridgehead atoms. The predicted molar refractivity (Wildman–Crippen MR) is 105 cm³/mol. The Morgan fingerprint density at radius 1 is 1.40 bits per heavy atom. The molecule has 0 saturated carbocycles. The normalized spacial score (nSPS) is 18.6. The molecule has 1 aromatic carbocycles. The maximum Gasteiger partial charge on any atom is 0.214 e. The van der Waals surface area contributed by atoms with Crippen LogP contribution in [0.5, 0.6) is 0 Å². The molecule has 1 aliphatic rings. The van der Waals surface area contributed by atoms with E-state index in [1.54, 1.807) is 6.20 Å². The maximum absolute atomic E-state index is 5.86. The number of benzene rings is 1. The van der Waals surface area contributed by atoms with Crippen molar-refractivity contribution >= 4 is 17.7 Å². The second-order valence-electron chi connectivity index (χ2n) is 6.48. The summed E-state index contributed by atoms with van der Waals surface area (Å²) in [7, 11) is 1.83. The SMILES string of the molecule is CN=C(NCc1ncc(-c2ccccc2)o1)N1CCSC(C(C)C)C1. The van der Waals surface area contributed by atoms with Gasteiger partial charge in [0.15, 0.2) is 11.7 Å². The zero-order valence-electron chi connectivity index (χ0n) is 15.1. The van der Waals surface area contributed by atoms with Gasteiger partial charge in [-0.3, -0.25) is 4.99 Å². The Labute approximate surface area is 153 Å². The highest BCUT2D eigenvalue weighted by atomic mass is 32.2. The number of rotatable bonds is 4. The largest absolute Gasteiger partial charge is 0.439 e. The Morgan fingerprint density at radius 2 is 2.20 bits per heavy atom. The lowest BCUT2D eigenvalue weighted by atomic mass is 10.1. The third-order valence-corrected chi connectivity index (χ3v) is 5.90. The number of aliphatic imine (C=N–C) groups is 1. The molecule has 0 spiro atoms. The number of aromatic nitrogens is 1. The van der Waals surface area contributed by atoms with Crippen molar-refractivity contribution in [2.45, 2.75) is 25.6 Å². The van der Waals surface area contributed by atoms with Gasteiger partial charge in [-0.1, -0.05) is 44.2 Å². The lowest BCUT2D eigenvalue weighted by Gasteiger charge is -2.36. The van der Waals surface area contributed by atoms with Crippen molar-refractivity contribution < 1.29 is 4.42 Å². The van der Waals surface area contributed by atoms with Crippen LogP contribution in [0.4, 0.5) is 0 Å². The summed E-state index contributed by atoms with van der Waals surface area (Å²) in [6.45, 7) is 7.16. The van der Waals surface area contributed by atoms with Crippen LogP contribution in [-0.4, -0.2) is 47.0 Å². The zero-order valence-corrected chi connectivity index (χ0v) is 15.9. The van der Waals surface area contributed by atoms with Crippen LogP contribution in [0.1, 0.15) is 19.7 Å². The van der Waals surface area contributed by atoms with Crippen molar-refractivity contribution in [3.63, 3.8) is 0 Å². The van der Waals surface area contributed by atoms with Crippen LogP contribution in [0.3, 0.4) is 0 Å². The molecule has 0 aliphatic carbocycles. The third kappa shape index (κ3) is 4.57. The van der Waals surface area contributed by atoms with E-state index in [0.717, 1.165) is 36.1 Å². The molecule has 1 aliphatic heterocycles. The summed E-state index contributed by atoms with van der Waals surface area (Å²) in [5, 5.41) is 4.04. The molecule has 0 amide bonds. The van der Waals surface area contributed by atoms with E-state index < -0.39 is 0 Å². The monoisotopic (exact) mass is 358 g/mol. The molecule has 5 nitrogen and oxygen atoms in total. The van der Waals surface area contributed by atoms with E-state index in [4.69, 9.17) is 4.42 Å². The van der Waals surface area contributed by atoms with E-state index in [1.807, 2.05) is 37.4 Å². The molecular formula is C19H26N4OS. The first-order valence-corrected chi connectivity index (χ1v) is 9.79. The van der Waals surface area contributed by atoms with Gasteiger partial charge in [0.1, 0.15) is 0 Å². The molecule has 0 radical (unpaired) electrons. The average molecular weight is 359 g/mol. The van der Waals surface area contributed by atoms with Crippen molar-refractivity contribution in [2.24, 2.45) is 10.9 Å². The smallest absolute Gasteiger partial charge is 0.214 e. The van der Waals surface area contributed by atoms with E-state index in [0.29, 0.717) is 23.6 Å². The average Bonchev–Trinajstić information content (AvgIpc) is 3.12. The molecule has 1 aromatic heterocycles. The first kappa shape index (κ1) is 17.9. The maximum atomic E-state index is 5.86. The van der Waals surface area contributed by atoms with E-state index in [2.05, 4.69) is 45.8 Å². The Bertz CT molecular complexity index is 698. The summed E-state index contributed by atoms with van der Waals surface area (Å²) in [5.41, 5.74) is 1.04. The number of thioether (sulfide) groups is 1. The lowest BCUT2D eigenvalue weighted by Crippen LogP contribution is -2.48. The van der Waals surface area contributed by atoms with Gasteiger partial charge in [0, 0.05) is 36.7 Å². The molecule has 1 fully saturated rings. The topological polar surface area (TPSA) is 53.7 Å². The molecule has 6 heteroatoms. The van der Waals surface area contributed by atoms with Crippen molar-refractivity contribution in [1.29, 1.82) is 0 Å². The first-order chi connectivity index (χ1) is 12.2. The number of oxazole rings is 1. The van der Waals surface area contributed by atoms with E-state index >= 15 is 0 Å². The fourth-order valence-corrected chi connectivity index (χ4v) is 4.18. The molecule has 2 aromatic rings. The fraction of sp³-hybridized carbons (Fsp3) is 0.474. The van der Waals surface area contributed by atoms with E-state index in [1.165, 1.54) is 0 Å². The summed E-state index contributed by atoms with van der Waals surface area (Å²) in [5.74, 6) is 4.20. The second kappa shape index (κ2) is 8.43. The Kier molecular flexibility index (Phi) is 6.02. The summed E-state index contributed by atoms with van der Waals surface area (Å²) in [6, 6.07) is 10.0. The molecule has 1 unspecified atom stereocenters. The minimum atomic E-state index is 0.537. The molecule has 25 heavy (non-hydrogen) atoms. The highest BCUT2D eigenvalue weighted by Crippen LogP contribution is 2.25. The molecule has 134 valence electrons. The predicted octanol–water partition coefficient (Wildman–Crippen LogP) is 3.49. The van der Waals surface area contributed by atoms with Crippen LogP contribution in [0.25, 0.3) is 11.3 Å². The highest BCUT2D eigenvalue weighted by Gasteiger charge is 2.25. The van der Waals surface area contributed by atoms with Crippen LogP contribution in [-0.2, 0) is 6.54 Å². The van der Waals surface area contributed by atoms with Crippen molar-refractivity contribution in [1.82, 2.24) is 15.2 Å². The minimum absolute atomic E-state index is 0.537. The fourth-order valence-electron chi connectivity index (χ4n) is 2.89. The van der Waals surface area contributed by atoms with Crippen LogP contribution >= 0.6 is 11.8 Å². The Balaban J connectivity index is 1.59. The number of nitrogens with one attached hydrogen (secondary N) is 1.